The fourth-order valence-corrected chi connectivity index (χ4v) is 4.07. The first-order chi connectivity index (χ1) is 11.4. The van der Waals surface area contributed by atoms with Gasteiger partial charge in [0.05, 0.1) is 23.2 Å². The minimum atomic E-state index is -4.72. The second-order valence-corrected chi connectivity index (χ2v) is 8.26. The molecule has 1 fully saturated rings. The van der Waals surface area contributed by atoms with Crippen LogP contribution >= 0.6 is 0 Å². The Labute approximate surface area is 142 Å². The van der Waals surface area contributed by atoms with Crippen molar-refractivity contribution in [2.24, 2.45) is 5.92 Å². The smallest absolute Gasteiger partial charge is 0.394 e. The van der Waals surface area contributed by atoms with Crippen LogP contribution in [0.4, 0.5) is 13.2 Å². The number of likely N-dealkylation sites (tertiary alicyclic amines) is 1. The Morgan fingerprint density at radius 1 is 1.20 bits per heavy atom. The molecule has 0 radical (unpaired) electrons. The van der Waals surface area contributed by atoms with Crippen LogP contribution < -0.4 is 0 Å². The third-order valence-electron chi connectivity index (χ3n) is 4.15. The molecule has 6 nitrogen and oxygen atoms in total. The Morgan fingerprint density at radius 3 is 2.16 bits per heavy atom. The molecule has 1 saturated heterocycles. The van der Waals surface area contributed by atoms with Crippen molar-refractivity contribution in [2.75, 3.05) is 19.3 Å². The van der Waals surface area contributed by atoms with Crippen LogP contribution in [0.1, 0.15) is 15.9 Å². The van der Waals surface area contributed by atoms with Gasteiger partial charge in [-0.25, -0.2) is 13.2 Å². The molecule has 1 N–H and O–H groups in total. The Balaban J connectivity index is 2.13. The van der Waals surface area contributed by atoms with E-state index in [-0.39, 0.29) is 12.0 Å². The number of alkyl halides is 3. The van der Waals surface area contributed by atoms with Crippen molar-refractivity contribution >= 4 is 21.7 Å². The molecule has 0 aliphatic carbocycles. The van der Waals surface area contributed by atoms with Crippen LogP contribution in [0.15, 0.2) is 24.3 Å². The van der Waals surface area contributed by atoms with Crippen molar-refractivity contribution in [1.29, 1.82) is 0 Å². The van der Waals surface area contributed by atoms with Crippen molar-refractivity contribution in [3.05, 3.63) is 35.4 Å². The molecule has 1 aliphatic heterocycles. The van der Waals surface area contributed by atoms with Gasteiger partial charge in [0.2, 0.25) is 5.91 Å². The number of carbonyl (C=O) groups is 2. The summed E-state index contributed by atoms with van der Waals surface area (Å²) in [5, 5.41) is 7.13. The highest BCUT2D eigenvalue weighted by Crippen LogP contribution is 2.37. The van der Waals surface area contributed by atoms with E-state index in [1.54, 1.807) is 0 Å². The van der Waals surface area contributed by atoms with Crippen molar-refractivity contribution in [3.63, 3.8) is 0 Å². The molecular weight excluding hydrogens is 363 g/mol. The number of carbonyl (C=O) groups excluding carboxylic acids is 1. The maximum absolute atomic E-state index is 13.1. The lowest BCUT2D eigenvalue weighted by molar-refractivity contribution is -0.170. The molecule has 0 saturated carbocycles. The van der Waals surface area contributed by atoms with Crippen LogP contribution in [0.3, 0.4) is 0 Å². The zero-order valence-corrected chi connectivity index (χ0v) is 14.0. The summed E-state index contributed by atoms with van der Waals surface area (Å²) >= 11 is 0. The third-order valence-corrected chi connectivity index (χ3v) is 5.72. The lowest BCUT2D eigenvalue weighted by Gasteiger charge is -2.19. The van der Waals surface area contributed by atoms with Gasteiger partial charge in [-0.05, 0) is 17.7 Å². The lowest BCUT2D eigenvalue weighted by atomic mass is 10.1. The summed E-state index contributed by atoms with van der Waals surface area (Å²) in [6, 6.07) is 5.36. The number of nitrogens with zero attached hydrogens (tertiary/aromatic N) is 1. The van der Waals surface area contributed by atoms with E-state index in [0.29, 0.717) is 5.56 Å². The highest BCUT2D eigenvalue weighted by atomic mass is 32.2. The predicted octanol–water partition coefficient (Wildman–Crippen LogP) is 1.36. The summed E-state index contributed by atoms with van der Waals surface area (Å²) in [5.74, 6) is -3.88. The Morgan fingerprint density at radius 2 is 1.76 bits per heavy atom. The number of sulfone groups is 1. The van der Waals surface area contributed by atoms with E-state index >= 15 is 0 Å². The molecule has 0 aromatic heterocycles. The predicted molar refractivity (Wildman–Crippen MR) is 81.9 cm³/mol. The van der Waals surface area contributed by atoms with Gasteiger partial charge in [-0.2, -0.15) is 13.2 Å². The first-order valence-electron chi connectivity index (χ1n) is 7.25. The van der Waals surface area contributed by atoms with E-state index in [2.05, 4.69) is 0 Å². The molecule has 138 valence electrons. The summed E-state index contributed by atoms with van der Waals surface area (Å²) in [7, 11) is -3.97. The van der Waals surface area contributed by atoms with Gasteiger partial charge in [-0.3, -0.25) is 4.79 Å². The van der Waals surface area contributed by atoms with Crippen LogP contribution in [0.25, 0.3) is 0 Å². The van der Waals surface area contributed by atoms with Crippen LogP contribution in [-0.2, 0) is 21.1 Å². The fourth-order valence-electron chi connectivity index (χ4n) is 2.78. The van der Waals surface area contributed by atoms with Crippen molar-refractivity contribution < 1.29 is 36.3 Å². The minimum absolute atomic E-state index is 0.0200. The molecule has 0 spiro atoms. The molecule has 1 amide bonds. The van der Waals surface area contributed by atoms with Gasteiger partial charge in [-0.1, -0.05) is 12.1 Å². The van der Waals surface area contributed by atoms with E-state index in [4.69, 9.17) is 5.11 Å². The molecule has 10 heteroatoms. The van der Waals surface area contributed by atoms with Crippen molar-refractivity contribution in [3.8, 4) is 0 Å². The van der Waals surface area contributed by atoms with Crippen LogP contribution in [0.5, 0.6) is 0 Å². The number of hydrogen-bond acceptors (Lipinski definition) is 4. The maximum Gasteiger partial charge on any atom is 0.394 e. The Hall–Kier alpha value is -2.10. The summed E-state index contributed by atoms with van der Waals surface area (Å²) in [4.78, 5) is 23.9. The largest absolute Gasteiger partial charge is 0.478 e. The molecule has 1 aromatic carbocycles. The first-order valence-corrected chi connectivity index (χ1v) is 9.20. The van der Waals surface area contributed by atoms with Crippen molar-refractivity contribution in [1.82, 2.24) is 4.90 Å². The molecule has 2 atom stereocenters. The summed E-state index contributed by atoms with van der Waals surface area (Å²) in [5.41, 5.74) is 0.452. The van der Waals surface area contributed by atoms with Gasteiger partial charge in [-0.15, -0.1) is 0 Å². The number of carboxylic acid groups (broad SMARTS) is 1. The van der Waals surface area contributed by atoms with Crippen LogP contribution in [0, 0.1) is 5.92 Å². The molecule has 1 aliphatic rings. The number of amides is 1. The van der Waals surface area contributed by atoms with Crippen LogP contribution in [0.2, 0.25) is 0 Å². The number of benzene rings is 1. The molecule has 0 unspecified atom stereocenters. The average molecular weight is 379 g/mol. The third kappa shape index (κ3) is 4.50. The number of halogens is 3. The van der Waals surface area contributed by atoms with Gasteiger partial charge in [0.1, 0.15) is 0 Å². The van der Waals surface area contributed by atoms with E-state index in [0.717, 1.165) is 11.2 Å². The standard InChI is InChI=1S/C15H16F3NO5S/c1-25(23,24)12-8-19(7-11(12)15(16,17)18)13(20)6-9-2-4-10(5-3-9)14(21)22/h2-5,11-12H,6-8H2,1H3,(H,21,22)/t11-,12-/m1/s1. The fraction of sp³-hybridized carbons (Fsp3) is 0.467. The summed E-state index contributed by atoms with van der Waals surface area (Å²) in [6.45, 7) is -1.21. The SMILES string of the molecule is CS(=O)(=O)[C@@H]1CN(C(=O)Cc2ccc(C(=O)O)cc2)C[C@H]1C(F)(F)F. The number of aromatic carboxylic acids is 1. The van der Waals surface area contributed by atoms with E-state index in [9.17, 15) is 31.2 Å². The zero-order valence-electron chi connectivity index (χ0n) is 13.2. The molecule has 0 bridgehead atoms. The molecular formula is C15H16F3NO5S. The molecule has 1 heterocycles. The van der Waals surface area contributed by atoms with Gasteiger partial charge >= 0.3 is 12.1 Å². The van der Waals surface area contributed by atoms with Gasteiger partial charge in [0, 0.05) is 19.3 Å². The molecule has 1 aromatic rings. The highest BCUT2D eigenvalue weighted by Gasteiger charge is 2.54. The Kier molecular flexibility index (Phi) is 5.12. The average Bonchev–Trinajstić information content (AvgIpc) is 2.93. The van der Waals surface area contributed by atoms with E-state index in [1.807, 2.05) is 0 Å². The highest BCUT2D eigenvalue weighted by molar-refractivity contribution is 7.91. The normalized spacial score (nSPS) is 21.4. The lowest BCUT2D eigenvalue weighted by Crippen LogP contribution is -2.37. The summed E-state index contributed by atoms with van der Waals surface area (Å²) in [6.07, 6.45) is -4.22. The monoisotopic (exact) mass is 379 g/mol. The molecule has 2 rings (SSSR count). The van der Waals surface area contributed by atoms with Gasteiger partial charge < -0.3 is 10.0 Å². The van der Waals surface area contributed by atoms with E-state index < -0.39 is 52.1 Å². The first kappa shape index (κ1) is 19.2. The second kappa shape index (κ2) is 6.66. The number of hydrogen-bond donors (Lipinski definition) is 1. The van der Waals surface area contributed by atoms with Gasteiger partial charge in [0.15, 0.2) is 9.84 Å². The quantitative estimate of drug-likeness (QED) is 0.853. The zero-order chi connectivity index (χ0) is 19.0. The Bertz CT molecular complexity index is 773. The van der Waals surface area contributed by atoms with Gasteiger partial charge in [0.25, 0.3) is 0 Å². The second-order valence-electron chi connectivity index (χ2n) is 5.99. The maximum atomic E-state index is 13.1. The number of carboxylic acids is 1. The van der Waals surface area contributed by atoms with E-state index in [1.165, 1.54) is 24.3 Å². The summed E-state index contributed by atoms with van der Waals surface area (Å²) < 4.78 is 62.5. The topological polar surface area (TPSA) is 91.8 Å². The minimum Gasteiger partial charge on any atom is -0.478 e. The number of rotatable bonds is 4. The molecule has 25 heavy (non-hydrogen) atoms. The van der Waals surface area contributed by atoms with Crippen molar-refractivity contribution in [2.45, 2.75) is 17.8 Å². The van der Waals surface area contributed by atoms with Crippen LogP contribution in [-0.4, -0.2) is 61.1 Å².